The molecule has 0 saturated heterocycles. The van der Waals surface area contributed by atoms with Gasteiger partial charge in [0.1, 0.15) is 0 Å². The van der Waals surface area contributed by atoms with Gasteiger partial charge in [-0.1, -0.05) is 283 Å². The van der Waals surface area contributed by atoms with E-state index in [4.69, 9.17) is 0 Å². The van der Waals surface area contributed by atoms with Crippen molar-refractivity contribution in [1.29, 1.82) is 0 Å². The molecule has 0 aromatic heterocycles. The minimum absolute atomic E-state index is 0. The summed E-state index contributed by atoms with van der Waals surface area (Å²) in [6.45, 7) is 24.9. The molecule has 0 spiro atoms. The van der Waals surface area contributed by atoms with E-state index in [1.54, 1.807) is 11.1 Å². The molecule has 0 atom stereocenters. The van der Waals surface area contributed by atoms with Crippen molar-refractivity contribution in [2.45, 2.75) is 123 Å². The number of benzene rings is 8. The SMILES string of the molecule is C.C=Cc1ccc(-c2ccc3c(c2)-c2cc(-c4ccc(C=C)cc4)ccc2C3(CC)CC)cc1.C=Cc1ccc(-c2ccc3c(c2)C(CCCCCC)(CCCCCC)c2cc(-c4ccc(C=C)cc4)ccc2-3)cc1. The molecule has 2 aliphatic carbocycles. The fourth-order valence-electron chi connectivity index (χ4n) is 12.4. The molecule has 0 radical (unpaired) electrons. The zero-order valence-corrected chi connectivity index (χ0v) is 44.8. The molecule has 0 unspecified atom stereocenters. The van der Waals surface area contributed by atoms with Crippen LogP contribution in [0.1, 0.15) is 157 Å². The summed E-state index contributed by atoms with van der Waals surface area (Å²) < 4.78 is 0. The summed E-state index contributed by atoms with van der Waals surface area (Å²) in [6, 6.07) is 63.7. The lowest BCUT2D eigenvalue weighted by Gasteiger charge is -2.33. The van der Waals surface area contributed by atoms with E-state index in [1.165, 1.54) is 142 Å². The Morgan fingerprint density at radius 3 is 0.880 bits per heavy atom. The van der Waals surface area contributed by atoms with Crippen molar-refractivity contribution < 1.29 is 0 Å². The smallest absolute Gasteiger partial charge is 0.0215 e. The topological polar surface area (TPSA) is 0 Å². The van der Waals surface area contributed by atoms with Gasteiger partial charge in [-0.25, -0.2) is 0 Å². The third-order valence-corrected chi connectivity index (χ3v) is 16.8. The summed E-state index contributed by atoms with van der Waals surface area (Å²) in [4.78, 5) is 0. The Morgan fingerprint density at radius 1 is 0.293 bits per heavy atom. The Labute approximate surface area is 452 Å². The molecule has 0 bridgehead atoms. The largest absolute Gasteiger partial charge is 0.0985 e. The molecule has 0 aliphatic heterocycles. The first kappa shape index (κ1) is 54.0. The van der Waals surface area contributed by atoms with Gasteiger partial charge in [0, 0.05) is 10.8 Å². The summed E-state index contributed by atoms with van der Waals surface area (Å²) in [5.41, 5.74) is 26.6. The number of fused-ring (bicyclic) bond motifs is 6. The Bertz CT molecular complexity index is 3020. The van der Waals surface area contributed by atoms with Crippen LogP contribution < -0.4 is 0 Å². The second-order valence-corrected chi connectivity index (χ2v) is 20.8. The van der Waals surface area contributed by atoms with E-state index in [0.717, 1.165) is 35.1 Å². The van der Waals surface area contributed by atoms with Crippen molar-refractivity contribution in [2.75, 3.05) is 0 Å². The molecule has 0 nitrogen and oxygen atoms in total. The van der Waals surface area contributed by atoms with Gasteiger partial charge in [0.25, 0.3) is 0 Å². The van der Waals surface area contributed by atoms with Crippen LogP contribution in [0.2, 0.25) is 0 Å². The first-order valence-corrected chi connectivity index (χ1v) is 27.8. The molecule has 2 aliphatic rings. The Kier molecular flexibility index (Phi) is 17.6. The molecule has 0 N–H and O–H groups in total. The lowest BCUT2D eigenvalue weighted by Crippen LogP contribution is -2.25. The summed E-state index contributed by atoms with van der Waals surface area (Å²) >= 11 is 0. The minimum Gasteiger partial charge on any atom is -0.0985 e. The van der Waals surface area contributed by atoms with Crippen LogP contribution >= 0.6 is 0 Å². The Morgan fingerprint density at radius 2 is 0.587 bits per heavy atom. The molecule has 380 valence electrons. The van der Waals surface area contributed by atoms with Crippen molar-refractivity contribution in [3.63, 3.8) is 0 Å². The van der Waals surface area contributed by atoms with Crippen molar-refractivity contribution in [1.82, 2.24) is 0 Å². The van der Waals surface area contributed by atoms with Crippen LogP contribution in [-0.2, 0) is 10.8 Å². The van der Waals surface area contributed by atoms with E-state index in [9.17, 15) is 0 Å². The van der Waals surface area contributed by atoms with Gasteiger partial charge in [-0.3, -0.25) is 0 Å². The first-order chi connectivity index (χ1) is 36.3. The molecule has 8 aromatic carbocycles. The van der Waals surface area contributed by atoms with Crippen molar-refractivity contribution in [3.05, 3.63) is 241 Å². The third kappa shape index (κ3) is 10.8. The normalized spacial score (nSPS) is 13.0. The number of hydrogen-bond donors (Lipinski definition) is 0. The molecule has 75 heavy (non-hydrogen) atoms. The zero-order chi connectivity index (χ0) is 51.7. The highest BCUT2D eigenvalue weighted by Gasteiger charge is 2.43. The zero-order valence-electron chi connectivity index (χ0n) is 44.8. The van der Waals surface area contributed by atoms with Gasteiger partial charge < -0.3 is 0 Å². The average molecular weight is 981 g/mol. The highest BCUT2D eigenvalue weighted by atomic mass is 14.5. The van der Waals surface area contributed by atoms with Crippen LogP contribution in [-0.4, -0.2) is 0 Å². The van der Waals surface area contributed by atoms with Crippen LogP contribution in [0.4, 0.5) is 0 Å². The van der Waals surface area contributed by atoms with Gasteiger partial charge in [0.15, 0.2) is 0 Å². The van der Waals surface area contributed by atoms with Crippen LogP contribution in [0.25, 0.3) is 91.1 Å². The van der Waals surface area contributed by atoms with Gasteiger partial charge in [0.2, 0.25) is 0 Å². The molecule has 0 amide bonds. The second kappa shape index (κ2) is 24.4. The van der Waals surface area contributed by atoms with Crippen LogP contribution in [0.5, 0.6) is 0 Å². The first-order valence-electron chi connectivity index (χ1n) is 27.8. The van der Waals surface area contributed by atoms with Gasteiger partial charge in [0.05, 0.1) is 0 Å². The average Bonchev–Trinajstić information content (AvgIpc) is 3.90. The molecule has 0 heteroatoms. The van der Waals surface area contributed by atoms with Gasteiger partial charge in [-0.05, 0) is 161 Å². The molecular formula is C75H80. The quantitative estimate of drug-likeness (QED) is 0.0668. The summed E-state index contributed by atoms with van der Waals surface area (Å²) in [5.74, 6) is 0. The lowest BCUT2D eigenvalue weighted by molar-refractivity contribution is 0.401. The maximum absolute atomic E-state index is 3.94. The minimum atomic E-state index is 0. The van der Waals surface area contributed by atoms with Crippen molar-refractivity contribution in [2.24, 2.45) is 0 Å². The van der Waals surface area contributed by atoms with Gasteiger partial charge in [-0.2, -0.15) is 0 Å². The number of rotatable bonds is 20. The van der Waals surface area contributed by atoms with Crippen LogP contribution in [0.3, 0.4) is 0 Å². The predicted octanol–water partition coefficient (Wildman–Crippen LogP) is 22.5. The molecular weight excluding hydrogens is 901 g/mol. The Hall–Kier alpha value is -7.28. The van der Waals surface area contributed by atoms with Gasteiger partial charge >= 0.3 is 0 Å². The van der Waals surface area contributed by atoms with E-state index in [0.29, 0.717) is 0 Å². The summed E-state index contributed by atoms with van der Waals surface area (Å²) in [5, 5.41) is 0. The fourth-order valence-corrected chi connectivity index (χ4v) is 12.4. The van der Waals surface area contributed by atoms with E-state index in [1.807, 2.05) is 24.3 Å². The van der Waals surface area contributed by atoms with Crippen LogP contribution in [0, 0.1) is 0 Å². The molecule has 8 aromatic rings. The van der Waals surface area contributed by atoms with E-state index in [2.05, 4.69) is 224 Å². The van der Waals surface area contributed by atoms with E-state index < -0.39 is 0 Å². The van der Waals surface area contributed by atoms with Crippen molar-refractivity contribution >= 4 is 24.3 Å². The van der Waals surface area contributed by atoms with E-state index in [-0.39, 0.29) is 18.3 Å². The van der Waals surface area contributed by atoms with E-state index >= 15 is 0 Å². The lowest BCUT2D eigenvalue weighted by atomic mass is 9.70. The molecule has 0 fully saturated rings. The standard InChI is InChI=1S/C41H46.C33H30.CH4/c1-5-9-11-13-27-41(28-14-12-10-6-2)39-29-35(33-19-15-31(7-3)16-20-33)23-25-37(39)38-26-24-36(30-40(38)41)34-21-17-32(8-4)18-22-34;1-5-23-9-13-25(14-10-23)27-17-19-31-29(21-27)30-22-28(26-15-11-24(6-2)12-16-26)18-20-32(30)33(31,7-3)8-4;/h7-8,15-26,29-30H,3-6,9-14,27-28H2,1-2H3;5-6,9-22H,1-2,7-8H2,3-4H3;1H4. The molecule has 10 rings (SSSR count). The maximum atomic E-state index is 3.94. The number of hydrogen-bond acceptors (Lipinski definition) is 0. The van der Waals surface area contributed by atoms with Crippen molar-refractivity contribution in [3.8, 4) is 66.8 Å². The third-order valence-electron chi connectivity index (χ3n) is 16.8. The Balaban J connectivity index is 0.000000201. The fraction of sp³-hybridized carbons (Fsp3) is 0.253. The number of unbranched alkanes of at least 4 members (excludes halogenated alkanes) is 6. The molecule has 0 saturated carbocycles. The highest BCUT2D eigenvalue weighted by Crippen LogP contribution is 2.57. The monoisotopic (exact) mass is 981 g/mol. The maximum Gasteiger partial charge on any atom is 0.0215 e. The summed E-state index contributed by atoms with van der Waals surface area (Å²) in [7, 11) is 0. The van der Waals surface area contributed by atoms with Crippen LogP contribution in [0.15, 0.2) is 196 Å². The highest BCUT2D eigenvalue weighted by molar-refractivity contribution is 5.89. The summed E-state index contributed by atoms with van der Waals surface area (Å²) in [6.07, 6.45) is 22.6. The van der Waals surface area contributed by atoms with Gasteiger partial charge in [-0.15, -0.1) is 0 Å². The molecule has 0 heterocycles. The predicted molar refractivity (Wildman–Crippen MR) is 332 cm³/mol. The second-order valence-electron chi connectivity index (χ2n) is 20.8.